The van der Waals surface area contributed by atoms with Gasteiger partial charge >= 0.3 is 0 Å². The molecule has 0 spiro atoms. The van der Waals surface area contributed by atoms with Gasteiger partial charge in [0.05, 0.1) is 11.4 Å². The van der Waals surface area contributed by atoms with E-state index < -0.39 is 0 Å². The van der Waals surface area contributed by atoms with E-state index in [0.29, 0.717) is 17.8 Å². The number of nitriles is 2. The summed E-state index contributed by atoms with van der Waals surface area (Å²) in [5.41, 5.74) is 3.59. The number of carbonyl (C=O) groups is 1. The van der Waals surface area contributed by atoms with Crippen LogP contribution < -0.4 is 10.4 Å². The topological polar surface area (TPSA) is 105 Å². The van der Waals surface area contributed by atoms with Gasteiger partial charge in [-0.1, -0.05) is 6.92 Å². The fraction of sp³-hybridized carbons (Fsp3) is 0.214. The lowest BCUT2D eigenvalue weighted by atomic mass is 10.1. The molecule has 0 bridgehead atoms. The van der Waals surface area contributed by atoms with Gasteiger partial charge < -0.3 is 0 Å². The summed E-state index contributed by atoms with van der Waals surface area (Å²) in [6.07, 6.45) is 2.17. The zero-order chi connectivity index (χ0) is 15.2. The highest BCUT2D eigenvalue weighted by molar-refractivity contribution is 6.10. The highest BCUT2D eigenvalue weighted by Crippen LogP contribution is 2.22. The molecule has 1 aliphatic heterocycles. The Morgan fingerprint density at radius 2 is 2.05 bits per heavy atom. The van der Waals surface area contributed by atoms with Crippen LogP contribution in [0.15, 0.2) is 34.5 Å². The van der Waals surface area contributed by atoms with E-state index in [-0.39, 0.29) is 17.5 Å². The molecule has 0 fully saturated rings. The smallest absolute Gasteiger partial charge is 0.248 e. The van der Waals surface area contributed by atoms with Crippen LogP contribution in [0.5, 0.6) is 0 Å². The normalized spacial score (nSPS) is 16.8. The molecule has 0 saturated carbocycles. The van der Waals surface area contributed by atoms with Gasteiger partial charge in [-0.15, -0.1) is 0 Å². The minimum atomic E-state index is -0.260. The molecule has 1 aromatic rings. The quantitative estimate of drug-likeness (QED) is 0.673. The number of rotatable bonds is 3. The summed E-state index contributed by atoms with van der Waals surface area (Å²) in [6.45, 7) is 1.94. The van der Waals surface area contributed by atoms with Crippen molar-refractivity contribution in [2.45, 2.75) is 13.3 Å². The summed E-state index contributed by atoms with van der Waals surface area (Å²) in [5.74, 6) is 0.0967. The first-order valence-electron chi connectivity index (χ1n) is 6.25. The molecule has 2 rings (SSSR count). The largest absolute Gasteiger partial charge is 0.277 e. The molecule has 1 aliphatic rings. The third-order valence-electron chi connectivity index (χ3n) is 2.79. The number of amides is 1. The van der Waals surface area contributed by atoms with Crippen LogP contribution in [0.4, 0.5) is 11.4 Å². The maximum Gasteiger partial charge on any atom is 0.248 e. The molecule has 1 unspecified atom stereocenters. The number of hydrogen-bond acceptors (Lipinski definition) is 6. The maximum atomic E-state index is 11.9. The molecule has 0 radical (unpaired) electrons. The number of nitrogens with zero attached hydrogens (tertiary/aromatic N) is 5. The molecule has 1 N–H and O–H groups in total. The molecule has 0 aromatic heterocycles. The Kier molecular flexibility index (Phi) is 4.27. The van der Waals surface area contributed by atoms with Crippen LogP contribution in [-0.2, 0) is 4.79 Å². The average molecular weight is 280 g/mol. The van der Waals surface area contributed by atoms with Crippen molar-refractivity contribution in [3.8, 4) is 12.1 Å². The van der Waals surface area contributed by atoms with E-state index in [4.69, 9.17) is 10.5 Å². The summed E-state index contributed by atoms with van der Waals surface area (Å²) in [7, 11) is 0. The molecule has 1 amide bonds. The van der Waals surface area contributed by atoms with Crippen molar-refractivity contribution in [1.29, 1.82) is 10.5 Å². The summed E-state index contributed by atoms with van der Waals surface area (Å²) in [4.78, 5) is 11.9. The number of anilines is 2. The van der Waals surface area contributed by atoms with Crippen LogP contribution in [0.25, 0.3) is 0 Å². The average Bonchev–Trinajstić information content (AvgIpc) is 2.49. The van der Waals surface area contributed by atoms with E-state index >= 15 is 0 Å². The van der Waals surface area contributed by atoms with Gasteiger partial charge in [-0.2, -0.15) is 20.7 Å². The van der Waals surface area contributed by atoms with Gasteiger partial charge in [-0.3, -0.25) is 10.2 Å². The van der Waals surface area contributed by atoms with Crippen LogP contribution in [0.1, 0.15) is 13.3 Å². The highest BCUT2D eigenvalue weighted by Gasteiger charge is 2.21. The lowest BCUT2D eigenvalue weighted by molar-refractivity contribution is -0.119. The zero-order valence-corrected chi connectivity index (χ0v) is 11.3. The first-order valence-corrected chi connectivity index (χ1v) is 6.25. The van der Waals surface area contributed by atoms with Crippen LogP contribution in [-0.4, -0.2) is 17.8 Å². The predicted octanol–water partition coefficient (Wildman–Crippen LogP) is 1.86. The van der Waals surface area contributed by atoms with E-state index in [2.05, 4.69) is 15.6 Å². The van der Waals surface area contributed by atoms with E-state index in [0.717, 1.165) is 0 Å². The summed E-state index contributed by atoms with van der Waals surface area (Å²) in [5, 5.41) is 26.2. The van der Waals surface area contributed by atoms with Crippen molar-refractivity contribution in [1.82, 2.24) is 0 Å². The predicted molar refractivity (Wildman–Crippen MR) is 78.5 cm³/mol. The summed E-state index contributed by atoms with van der Waals surface area (Å²) < 4.78 is 0. The lowest BCUT2D eigenvalue weighted by Crippen LogP contribution is -2.31. The molecule has 0 saturated heterocycles. The van der Waals surface area contributed by atoms with Crippen LogP contribution in [0.3, 0.4) is 0 Å². The minimum absolute atomic E-state index is 0.0556. The second-order valence-electron chi connectivity index (χ2n) is 4.49. The second kappa shape index (κ2) is 6.31. The fourth-order valence-corrected chi connectivity index (χ4v) is 1.74. The van der Waals surface area contributed by atoms with Crippen molar-refractivity contribution in [2.75, 3.05) is 10.4 Å². The molecule has 21 heavy (non-hydrogen) atoms. The highest BCUT2D eigenvalue weighted by atomic mass is 16.2. The minimum Gasteiger partial charge on any atom is -0.277 e. The number of benzene rings is 1. The van der Waals surface area contributed by atoms with Crippen LogP contribution in [0, 0.1) is 28.6 Å². The Bertz CT molecular complexity index is 661. The molecule has 0 aliphatic carbocycles. The van der Waals surface area contributed by atoms with Crippen molar-refractivity contribution in [2.24, 2.45) is 16.1 Å². The number of hydrogen-bond donors (Lipinski definition) is 1. The maximum absolute atomic E-state index is 11.9. The number of carbonyl (C=O) groups excluding carboxylic acids is 1. The van der Waals surface area contributed by atoms with E-state index in [1.54, 1.807) is 42.6 Å². The Hall–Kier alpha value is -3.19. The van der Waals surface area contributed by atoms with Gasteiger partial charge in [-0.25, -0.2) is 5.01 Å². The van der Waals surface area contributed by atoms with Gasteiger partial charge in [0.15, 0.2) is 0 Å². The van der Waals surface area contributed by atoms with Crippen molar-refractivity contribution in [3.63, 3.8) is 0 Å². The second-order valence-corrected chi connectivity index (χ2v) is 4.49. The zero-order valence-electron chi connectivity index (χ0n) is 11.3. The third-order valence-corrected chi connectivity index (χ3v) is 2.79. The number of hydrazone groups is 2. The standard InChI is InChI=1S/C14H12N6O/c1-10-6-14(21)20(17-9-10)13-4-2-11(3-5-13)18-19-12(7-15)8-16/h2-5,9-10,18H,6H2,1H3. The summed E-state index contributed by atoms with van der Waals surface area (Å²) >= 11 is 0. The molecule has 104 valence electrons. The first kappa shape index (κ1) is 14.2. The fourth-order valence-electron chi connectivity index (χ4n) is 1.74. The van der Waals surface area contributed by atoms with Crippen molar-refractivity contribution >= 4 is 29.2 Å². The van der Waals surface area contributed by atoms with Gasteiger partial charge in [0.1, 0.15) is 12.1 Å². The van der Waals surface area contributed by atoms with Gasteiger partial charge in [0.2, 0.25) is 11.6 Å². The van der Waals surface area contributed by atoms with Crippen LogP contribution in [0.2, 0.25) is 0 Å². The van der Waals surface area contributed by atoms with E-state index in [1.807, 2.05) is 6.92 Å². The third kappa shape index (κ3) is 3.43. The first-order chi connectivity index (χ1) is 10.1. The Labute approximate surface area is 121 Å². The monoisotopic (exact) mass is 280 g/mol. The molecule has 7 nitrogen and oxygen atoms in total. The Morgan fingerprint density at radius 3 is 2.62 bits per heavy atom. The molecule has 1 atom stereocenters. The van der Waals surface area contributed by atoms with E-state index in [9.17, 15) is 4.79 Å². The molecular formula is C14H12N6O. The summed E-state index contributed by atoms with van der Waals surface area (Å²) in [6, 6.07) is 10.1. The van der Waals surface area contributed by atoms with Gasteiger partial charge in [0, 0.05) is 18.6 Å². The van der Waals surface area contributed by atoms with Crippen molar-refractivity contribution in [3.05, 3.63) is 24.3 Å². The molecule has 1 heterocycles. The molecule has 1 aromatic carbocycles. The van der Waals surface area contributed by atoms with Gasteiger partial charge in [0.25, 0.3) is 0 Å². The molecule has 7 heteroatoms. The lowest BCUT2D eigenvalue weighted by Gasteiger charge is -2.22. The number of nitrogens with one attached hydrogen (secondary N) is 1. The molecular weight excluding hydrogens is 268 g/mol. The van der Waals surface area contributed by atoms with Crippen molar-refractivity contribution < 1.29 is 4.79 Å². The van der Waals surface area contributed by atoms with Gasteiger partial charge in [-0.05, 0) is 24.3 Å². The Morgan fingerprint density at radius 1 is 1.38 bits per heavy atom. The Balaban J connectivity index is 2.12. The van der Waals surface area contributed by atoms with E-state index in [1.165, 1.54) is 5.01 Å². The van der Waals surface area contributed by atoms with Crippen LogP contribution >= 0.6 is 0 Å². The SMILES string of the molecule is CC1C=NN(c2ccc(NN=C(C#N)C#N)cc2)C(=O)C1.